The van der Waals surface area contributed by atoms with Gasteiger partial charge in [-0.3, -0.25) is 14.4 Å². The standard InChI is InChI=1S/C23H19F3N2O5/c1-32-21(30)13-27-20(29)11-14-5-7-17(8-6-14)28-22(31)19-10-9-18(33-19)15-3-2-4-16(12-15)23(24,25)26/h2-10,12H,11,13H2,1H3,(H,27,29)(H,28,31). The molecule has 7 nitrogen and oxygen atoms in total. The van der Waals surface area contributed by atoms with Crippen molar-refractivity contribution in [2.75, 3.05) is 19.0 Å². The van der Waals surface area contributed by atoms with Crippen LogP contribution >= 0.6 is 0 Å². The molecule has 2 N–H and O–H groups in total. The number of halogens is 3. The molecule has 0 radical (unpaired) electrons. The van der Waals surface area contributed by atoms with Gasteiger partial charge in [0.2, 0.25) is 5.91 Å². The monoisotopic (exact) mass is 460 g/mol. The molecule has 0 fully saturated rings. The van der Waals surface area contributed by atoms with Crippen molar-refractivity contribution < 1.29 is 36.7 Å². The molecule has 0 aliphatic rings. The molecule has 0 saturated heterocycles. The molecule has 33 heavy (non-hydrogen) atoms. The molecule has 2 amide bonds. The van der Waals surface area contributed by atoms with Crippen LogP contribution in [0.25, 0.3) is 11.3 Å². The Morgan fingerprint density at radius 2 is 1.73 bits per heavy atom. The lowest BCUT2D eigenvalue weighted by atomic mass is 10.1. The number of carbonyl (C=O) groups is 3. The summed E-state index contributed by atoms with van der Waals surface area (Å²) in [6.07, 6.45) is -4.46. The average Bonchev–Trinajstić information content (AvgIpc) is 3.29. The van der Waals surface area contributed by atoms with Crippen molar-refractivity contribution in [2.24, 2.45) is 0 Å². The summed E-state index contributed by atoms with van der Waals surface area (Å²) in [6, 6.07) is 13.8. The molecule has 3 rings (SSSR count). The Bertz CT molecular complexity index is 1150. The topological polar surface area (TPSA) is 97.6 Å². The molecule has 1 aromatic heterocycles. The molecule has 0 saturated carbocycles. The van der Waals surface area contributed by atoms with Gasteiger partial charge in [0, 0.05) is 11.3 Å². The number of anilines is 1. The first-order chi connectivity index (χ1) is 15.7. The van der Waals surface area contributed by atoms with Crippen LogP contribution in [-0.4, -0.2) is 31.4 Å². The highest BCUT2D eigenvalue weighted by Crippen LogP contribution is 2.32. The van der Waals surface area contributed by atoms with Gasteiger partial charge in [0.05, 0.1) is 19.1 Å². The van der Waals surface area contributed by atoms with E-state index in [0.717, 1.165) is 12.1 Å². The maximum Gasteiger partial charge on any atom is 0.416 e. The molecule has 0 spiro atoms. The first-order valence-electron chi connectivity index (χ1n) is 9.67. The second kappa shape index (κ2) is 10.0. The number of nitrogens with one attached hydrogen (secondary N) is 2. The van der Waals surface area contributed by atoms with Gasteiger partial charge in [-0.15, -0.1) is 0 Å². The van der Waals surface area contributed by atoms with Crippen molar-refractivity contribution in [2.45, 2.75) is 12.6 Å². The Morgan fingerprint density at radius 1 is 1.00 bits per heavy atom. The van der Waals surface area contributed by atoms with Gasteiger partial charge in [-0.1, -0.05) is 24.3 Å². The number of ether oxygens (including phenoxy) is 1. The zero-order valence-corrected chi connectivity index (χ0v) is 17.4. The highest BCUT2D eigenvalue weighted by atomic mass is 19.4. The predicted octanol–water partition coefficient (Wildman–Crippen LogP) is 4.05. The smallest absolute Gasteiger partial charge is 0.416 e. The summed E-state index contributed by atoms with van der Waals surface area (Å²) in [7, 11) is 1.22. The van der Waals surface area contributed by atoms with Gasteiger partial charge in [-0.25, -0.2) is 0 Å². The fraction of sp³-hybridized carbons (Fsp3) is 0.174. The number of benzene rings is 2. The summed E-state index contributed by atoms with van der Waals surface area (Å²) in [6.45, 7) is -0.227. The molecule has 1 heterocycles. The lowest BCUT2D eigenvalue weighted by molar-refractivity contribution is -0.141. The van der Waals surface area contributed by atoms with Crippen molar-refractivity contribution in [1.82, 2.24) is 5.32 Å². The lowest BCUT2D eigenvalue weighted by Gasteiger charge is -2.07. The van der Waals surface area contributed by atoms with Gasteiger partial charge in [0.1, 0.15) is 12.3 Å². The zero-order valence-electron chi connectivity index (χ0n) is 17.4. The number of alkyl halides is 3. The molecule has 10 heteroatoms. The van der Waals surface area contributed by atoms with E-state index in [1.807, 2.05) is 0 Å². The third-order valence-electron chi connectivity index (χ3n) is 4.54. The normalized spacial score (nSPS) is 11.0. The van der Waals surface area contributed by atoms with E-state index in [0.29, 0.717) is 11.3 Å². The van der Waals surface area contributed by atoms with E-state index in [-0.39, 0.29) is 36.0 Å². The maximum atomic E-state index is 12.9. The van der Waals surface area contributed by atoms with Crippen LogP contribution in [0.4, 0.5) is 18.9 Å². The largest absolute Gasteiger partial charge is 0.468 e. The minimum absolute atomic E-state index is 0.0315. The highest BCUT2D eigenvalue weighted by Gasteiger charge is 2.30. The summed E-state index contributed by atoms with van der Waals surface area (Å²) in [4.78, 5) is 35.3. The summed E-state index contributed by atoms with van der Waals surface area (Å²) in [5.41, 5.74) is 0.455. The Hall–Kier alpha value is -4.08. The molecule has 0 bridgehead atoms. The third kappa shape index (κ3) is 6.45. The summed E-state index contributed by atoms with van der Waals surface area (Å²) in [5.74, 6) is -1.46. The molecule has 2 aromatic carbocycles. The second-order valence-corrected chi connectivity index (χ2v) is 6.92. The zero-order chi connectivity index (χ0) is 24.0. The van der Waals surface area contributed by atoms with Crippen LogP contribution < -0.4 is 10.6 Å². The van der Waals surface area contributed by atoms with Crippen LogP contribution in [0.15, 0.2) is 65.1 Å². The Labute approximate surface area is 186 Å². The predicted molar refractivity (Wildman–Crippen MR) is 112 cm³/mol. The van der Waals surface area contributed by atoms with E-state index in [2.05, 4.69) is 15.4 Å². The molecule has 0 atom stereocenters. The third-order valence-corrected chi connectivity index (χ3v) is 4.54. The lowest BCUT2D eigenvalue weighted by Crippen LogP contribution is -2.31. The quantitative estimate of drug-likeness (QED) is 0.519. The van der Waals surface area contributed by atoms with Crippen molar-refractivity contribution in [1.29, 1.82) is 0 Å². The van der Waals surface area contributed by atoms with E-state index in [4.69, 9.17) is 4.42 Å². The van der Waals surface area contributed by atoms with Gasteiger partial charge in [0.25, 0.3) is 5.91 Å². The SMILES string of the molecule is COC(=O)CNC(=O)Cc1ccc(NC(=O)c2ccc(-c3cccc(C(F)(F)F)c3)o2)cc1. The number of methoxy groups -OCH3 is 1. The van der Waals surface area contributed by atoms with E-state index in [1.165, 1.54) is 31.4 Å². The maximum absolute atomic E-state index is 12.9. The number of furan rings is 1. The first-order valence-corrected chi connectivity index (χ1v) is 9.67. The summed E-state index contributed by atoms with van der Waals surface area (Å²) < 4.78 is 48.6. The van der Waals surface area contributed by atoms with Crippen LogP contribution in [0.3, 0.4) is 0 Å². The van der Waals surface area contributed by atoms with Crippen molar-refractivity contribution in [3.8, 4) is 11.3 Å². The number of amides is 2. The van der Waals surface area contributed by atoms with E-state index < -0.39 is 23.6 Å². The summed E-state index contributed by atoms with van der Waals surface area (Å²) in [5, 5.41) is 5.03. The van der Waals surface area contributed by atoms with Crippen LogP contribution in [0, 0.1) is 0 Å². The minimum Gasteiger partial charge on any atom is -0.468 e. The van der Waals surface area contributed by atoms with E-state index in [1.54, 1.807) is 24.3 Å². The van der Waals surface area contributed by atoms with E-state index in [9.17, 15) is 27.6 Å². The van der Waals surface area contributed by atoms with Crippen LogP contribution in [-0.2, 0) is 26.9 Å². The van der Waals surface area contributed by atoms with Gasteiger partial charge in [-0.2, -0.15) is 13.2 Å². The van der Waals surface area contributed by atoms with Crippen molar-refractivity contribution in [3.05, 3.63) is 77.6 Å². The Kier molecular flexibility index (Phi) is 7.17. The van der Waals surface area contributed by atoms with Gasteiger partial charge < -0.3 is 19.8 Å². The Morgan fingerprint density at radius 3 is 2.39 bits per heavy atom. The first kappa shape index (κ1) is 23.6. The molecule has 0 aliphatic heterocycles. The molecule has 172 valence electrons. The van der Waals surface area contributed by atoms with Gasteiger partial charge in [0.15, 0.2) is 5.76 Å². The number of hydrogen-bond donors (Lipinski definition) is 2. The van der Waals surface area contributed by atoms with Gasteiger partial charge >= 0.3 is 12.1 Å². The number of esters is 1. The Balaban J connectivity index is 1.60. The number of rotatable bonds is 7. The highest BCUT2D eigenvalue weighted by molar-refractivity contribution is 6.02. The fourth-order valence-electron chi connectivity index (χ4n) is 2.85. The number of carbonyl (C=O) groups excluding carboxylic acids is 3. The molecular formula is C23H19F3N2O5. The molecule has 0 unspecified atom stereocenters. The van der Waals surface area contributed by atoms with E-state index >= 15 is 0 Å². The summed E-state index contributed by atoms with van der Waals surface area (Å²) >= 11 is 0. The van der Waals surface area contributed by atoms with Crippen molar-refractivity contribution in [3.63, 3.8) is 0 Å². The van der Waals surface area contributed by atoms with Crippen LogP contribution in [0.5, 0.6) is 0 Å². The molecular weight excluding hydrogens is 441 g/mol. The second-order valence-electron chi connectivity index (χ2n) is 6.92. The number of hydrogen-bond acceptors (Lipinski definition) is 5. The molecule has 3 aromatic rings. The van der Waals surface area contributed by atoms with Crippen LogP contribution in [0.2, 0.25) is 0 Å². The van der Waals surface area contributed by atoms with Gasteiger partial charge in [-0.05, 0) is 42.0 Å². The molecule has 0 aliphatic carbocycles. The van der Waals surface area contributed by atoms with Crippen LogP contribution in [0.1, 0.15) is 21.7 Å². The fourth-order valence-corrected chi connectivity index (χ4v) is 2.85. The minimum atomic E-state index is -4.49. The van der Waals surface area contributed by atoms with Crippen molar-refractivity contribution >= 4 is 23.5 Å². The average molecular weight is 460 g/mol.